The van der Waals surface area contributed by atoms with Gasteiger partial charge >= 0.3 is 0 Å². The molecule has 86 valence electrons. The summed E-state index contributed by atoms with van der Waals surface area (Å²) in [5.41, 5.74) is 2.21. The lowest BCUT2D eigenvalue weighted by molar-refractivity contribution is 0.645. The van der Waals surface area contributed by atoms with E-state index in [4.69, 9.17) is 9.33 Å². The largest absolute Gasteiger partial charge is 0.318 e. The van der Waals surface area contributed by atoms with Gasteiger partial charge in [-0.15, -0.1) is 0 Å². The lowest BCUT2D eigenvalue weighted by atomic mass is 10.1. The van der Waals surface area contributed by atoms with Crippen LogP contribution in [0, 0.1) is 4.78 Å². The fourth-order valence-electron chi connectivity index (χ4n) is 1.46. The van der Waals surface area contributed by atoms with Crippen LogP contribution in [-0.2, 0) is 11.0 Å². The Bertz CT molecular complexity index is 532. The normalized spacial score (nSPS) is 12.8. The Balaban J connectivity index is 2.14. The van der Waals surface area contributed by atoms with Gasteiger partial charge in [-0.1, -0.05) is 54.6 Å². The summed E-state index contributed by atoms with van der Waals surface area (Å²) in [4.78, 5) is 0.641. The monoisotopic (exact) mass is 243 g/mol. The van der Waals surface area contributed by atoms with Gasteiger partial charge in [-0.25, -0.2) is 0 Å². The Hall–Kier alpha value is -1.71. The van der Waals surface area contributed by atoms with Crippen LogP contribution in [0.5, 0.6) is 0 Å². The molecule has 0 heterocycles. The molecule has 0 aromatic heterocycles. The second kappa shape index (κ2) is 5.57. The van der Waals surface area contributed by atoms with Crippen LogP contribution in [0.1, 0.15) is 11.1 Å². The van der Waals surface area contributed by atoms with E-state index in [1.807, 2.05) is 54.6 Å². The first-order valence-corrected chi connectivity index (χ1v) is 6.42. The Morgan fingerprint density at radius 3 is 1.88 bits per heavy atom. The zero-order valence-electron chi connectivity index (χ0n) is 9.21. The van der Waals surface area contributed by atoms with E-state index in [9.17, 15) is 0 Å². The van der Waals surface area contributed by atoms with Gasteiger partial charge in [-0.2, -0.15) is 0 Å². The molecule has 2 rings (SSSR count). The molecule has 2 nitrogen and oxygen atoms in total. The van der Waals surface area contributed by atoms with Crippen molar-refractivity contribution >= 4 is 23.1 Å². The maximum atomic E-state index is 9.10. The molecular weight excluding hydrogens is 230 g/mol. The highest BCUT2D eigenvalue weighted by molar-refractivity contribution is 7.80. The van der Waals surface area contributed by atoms with Crippen LogP contribution in [-0.4, -0.2) is 4.55 Å². The Kier molecular flexibility index (Phi) is 3.85. The van der Waals surface area contributed by atoms with E-state index in [-0.39, 0.29) is 0 Å². The average Bonchev–Trinajstić information content (AvgIpc) is 2.38. The maximum Gasteiger partial charge on any atom is 0.0570 e. The minimum atomic E-state index is -1.40. The summed E-state index contributed by atoms with van der Waals surface area (Å²) in [6, 6.07) is 17.4. The number of hydrogen-bond donors (Lipinski definition) is 2. The molecule has 0 fully saturated rings. The maximum absolute atomic E-state index is 9.10. The molecule has 0 aliphatic heterocycles. The standard InChI is InChI=1S/C14H13NOS/c15-17(16)14-10-8-13(9-11-14)7-6-12-4-2-1-3-5-12/h1-11H,(H2,15,16)/t17-/m0/s1. The van der Waals surface area contributed by atoms with Crippen LogP contribution in [0.2, 0.25) is 0 Å². The van der Waals surface area contributed by atoms with Crippen LogP contribution in [0.15, 0.2) is 59.5 Å². The number of nitrogens with one attached hydrogen (secondary N) is 1. The first kappa shape index (κ1) is 11.8. The highest BCUT2D eigenvalue weighted by Gasteiger charge is 1.94. The molecule has 0 radical (unpaired) electrons. The molecule has 0 unspecified atom stereocenters. The summed E-state index contributed by atoms with van der Waals surface area (Å²) in [5.74, 6) is 0. The molecule has 17 heavy (non-hydrogen) atoms. The fourth-order valence-corrected chi connectivity index (χ4v) is 1.86. The van der Waals surface area contributed by atoms with Crippen LogP contribution in [0.25, 0.3) is 12.2 Å². The predicted molar refractivity (Wildman–Crippen MR) is 72.8 cm³/mol. The van der Waals surface area contributed by atoms with E-state index >= 15 is 0 Å². The number of hydrogen-bond acceptors (Lipinski definition) is 1. The minimum Gasteiger partial charge on any atom is -0.318 e. The SMILES string of the molecule is N=[S@@](O)c1ccc(C=Cc2ccccc2)cc1. The quantitative estimate of drug-likeness (QED) is 0.784. The van der Waals surface area contributed by atoms with Gasteiger partial charge in [0.25, 0.3) is 0 Å². The van der Waals surface area contributed by atoms with Crippen molar-refractivity contribution < 1.29 is 4.55 Å². The van der Waals surface area contributed by atoms with E-state index in [2.05, 4.69) is 0 Å². The smallest absolute Gasteiger partial charge is 0.0570 e. The van der Waals surface area contributed by atoms with Crippen molar-refractivity contribution in [2.45, 2.75) is 4.90 Å². The minimum absolute atomic E-state index is 0.641. The van der Waals surface area contributed by atoms with Crippen molar-refractivity contribution in [1.82, 2.24) is 0 Å². The first-order valence-electron chi connectivity index (χ1n) is 5.23. The van der Waals surface area contributed by atoms with Gasteiger partial charge in [0, 0.05) is 4.90 Å². The topological polar surface area (TPSA) is 44.1 Å². The van der Waals surface area contributed by atoms with Crippen LogP contribution in [0.3, 0.4) is 0 Å². The molecule has 0 saturated carbocycles. The van der Waals surface area contributed by atoms with Gasteiger partial charge < -0.3 is 4.55 Å². The van der Waals surface area contributed by atoms with E-state index < -0.39 is 11.0 Å². The zero-order chi connectivity index (χ0) is 12.1. The van der Waals surface area contributed by atoms with Crippen molar-refractivity contribution in [2.24, 2.45) is 0 Å². The Labute approximate surface area is 103 Å². The van der Waals surface area contributed by atoms with E-state index in [1.165, 1.54) is 0 Å². The summed E-state index contributed by atoms with van der Waals surface area (Å²) in [7, 11) is -1.40. The molecule has 1 atom stereocenters. The molecule has 2 aromatic carbocycles. The summed E-state index contributed by atoms with van der Waals surface area (Å²) in [6.45, 7) is 0. The van der Waals surface area contributed by atoms with Crippen molar-refractivity contribution in [3.8, 4) is 0 Å². The predicted octanol–water partition coefficient (Wildman–Crippen LogP) is 4.07. The molecule has 0 aliphatic rings. The van der Waals surface area contributed by atoms with E-state index in [1.54, 1.807) is 12.1 Å². The van der Waals surface area contributed by atoms with Crippen LogP contribution in [0.4, 0.5) is 0 Å². The third kappa shape index (κ3) is 3.37. The van der Waals surface area contributed by atoms with Gasteiger partial charge in [0.1, 0.15) is 0 Å². The van der Waals surface area contributed by atoms with Gasteiger partial charge in [0.2, 0.25) is 0 Å². The van der Waals surface area contributed by atoms with E-state index in [0.29, 0.717) is 4.90 Å². The molecule has 0 spiro atoms. The van der Waals surface area contributed by atoms with Crippen molar-refractivity contribution in [1.29, 1.82) is 4.78 Å². The summed E-state index contributed by atoms with van der Waals surface area (Å²) < 4.78 is 16.3. The first-order chi connectivity index (χ1) is 8.25. The number of rotatable bonds is 3. The highest BCUT2D eigenvalue weighted by atomic mass is 32.2. The van der Waals surface area contributed by atoms with E-state index in [0.717, 1.165) is 11.1 Å². The lowest BCUT2D eigenvalue weighted by Crippen LogP contribution is -1.85. The molecule has 2 aromatic rings. The van der Waals surface area contributed by atoms with Gasteiger partial charge in [0.05, 0.1) is 11.0 Å². The zero-order valence-corrected chi connectivity index (χ0v) is 10.0. The van der Waals surface area contributed by atoms with Gasteiger partial charge in [0.15, 0.2) is 0 Å². The Morgan fingerprint density at radius 2 is 1.35 bits per heavy atom. The van der Waals surface area contributed by atoms with Gasteiger partial charge in [-0.05, 0) is 23.3 Å². The molecule has 0 aliphatic carbocycles. The molecule has 0 bridgehead atoms. The van der Waals surface area contributed by atoms with Crippen molar-refractivity contribution in [2.75, 3.05) is 0 Å². The molecule has 0 saturated heterocycles. The molecule has 3 heteroatoms. The van der Waals surface area contributed by atoms with Crippen LogP contribution >= 0.6 is 0 Å². The third-order valence-electron chi connectivity index (χ3n) is 2.37. The number of benzene rings is 2. The molecule has 2 N–H and O–H groups in total. The summed E-state index contributed by atoms with van der Waals surface area (Å²) >= 11 is 0. The Morgan fingerprint density at radius 1 is 0.824 bits per heavy atom. The highest BCUT2D eigenvalue weighted by Crippen LogP contribution is 2.11. The second-order valence-electron chi connectivity index (χ2n) is 3.60. The second-order valence-corrected chi connectivity index (χ2v) is 4.64. The van der Waals surface area contributed by atoms with Crippen molar-refractivity contribution in [3.05, 3.63) is 65.7 Å². The fraction of sp³-hybridized carbons (Fsp3) is 0. The lowest BCUT2D eigenvalue weighted by Gasteiger charge is -1.98. The third-order valence-corrected chi connectivity index (χ3v) is 3.09. The van der Waals surface area contributed by atoms with Gasteiger partial charge in [-0.3, -0.25) is 4.78 Å². The molecule has 0 amide bonds. The average molecular weight is 243 g/mol. The van der Waals surface area contributed by atoms with Crippen LogP contribution < -0.4 is 0 Å². The van der Waals surface area contributed by atoms with Crippen molar-refractivity contribution in [3.63, 3.8) is 0 Å². The molecular formula is C14H13NOS. The summed E-state index contributed by atoms with van der Waals surface area (Å²) in [5, 5.41) is 0. The summed E-state index contributed by atoms with van der Waals surface area (Å²) in [6.07, 6.45) is 4.05.